The first kappa shape index (κ1) is 28.9. The van der Waals surface area contributed by atoms with Crippen molar-refractivity contribution in [3.8, 4) is 22.5 Å². The average Bonchev–Trinajstić information content (AvgIpc) is 3.55. The summed E-state index contributed by atoms with van der Waals surface area (Å²) in [6.45, 7) is 9.12. The molecule has 0 amide bonds. The van der Waals surface area contributed by atoms with E-state index in [1.54, 1.807) is 25.3 Å². The number of tetrazole rings is 1. The van der Waals surface area contributed by atoms with Gasteiger partial charge in [-0.1, -0.05) is 73.5 Å². The molecule has 2 heterocycles. The molecule has 0 bridgehead atoms. The van der Waals surface area contributed by atoms with E-state index >= 15 is 0 Å². The molecular weight excluding hydrogens is 532 g/mol. The number of halogens is 1. The Hall–Kier alpha value is -4.05. The van der Waals surface area contributed by atoms with Crippen LogP contribution in [0, 0.1) is 5.41 Å². The van der Waals surface area contributed by atoms with E-state index < -0.39 is 23.6 Å². The summed E-state index contributed by atoms with van der Waals surface area (Å²) in [7, 11) is 0. The summed E-state index contributed by atoms with van der Waals surface area (Å²) in [6, 6.07) is 15.8. The highest BCUT2D eigenvalue weighted by Gasteiger charge is 2.29. The van der Waals surface area contributed by atoms with Gasteiger partial charge in [-0.05, 0) is 49.1 Å². The number of aromatic nitrogens is 6. The fraction of sp³-hybridized carbons (Fsp3) is 0.379. The third-order valence-corrected chi connectivity index (χ3v) is 6.49. The number of rotatable bonds is 10. The van der Waals surface area contributed by atoms with Crippen LogP contribution < -0.4 is 0 Å². The maximum atomic E-state index is 13.2. The summed E-state index contributed by atoms with van der Waals surface area (Å²) >= 11 is 6.46. The number of esters is 2. The Morgan fingerprint density at radius 2 is 1.75 bits per heavy atom. The Labute approximate surface area is 238 Å². The maximum Gasteiger partial charge on any atom is 0.361 e. The molecule has 0 aliphatic carbocycles. The van der Waals surface area contributed by atoms with Crippen molar-refractivity contribution in [3.63, 3.8) is 0 Å². The van der Waals surface area contributed by atoms with Gasteiger partial charge < -0.3 is 14.0 Å². The first-order chi connectivity index (χ1) is 19.1. The van der Waals surface area contributed by atoms with Gasteiger partial charge in [0, 0.05) is 25.5 Å². The van der Waals surface area contributed by atoms with Gasteiger partial charge in [-0.3, -0.25) is 4.79 Å². The van der Waals surface area contributed by atoms with Crippen LogP contribution in [-0.2, 0) is 27.2 Å². The normalized spacial score (nSPS) is 12.2. The highest BCUT2D eigenvalue weighted by Crippen LogP contribution is 2.30. The van der Waals surface area contributed by atoms with Crippen LogP contribution in [0.25, 0.3) is 22.5 Å². The van der Waals surface area contributed by atoms with Crippen molar-refractivity contribution < 1.29 is 19.1 Å². The number of hydrogen-bond donors (Lipinski definition) is 1. The molecule has 0 saturated heterocycles. The molecule has 0 radical (unpaired) electrons. The van der Waals surface area contributed by atoms with E-state index in [2.05, 4.69) is 32.5 Å². The topological polar surface area (TPSA) is 125 Å². The number of aromatic amines is 1. The zero-order chi connectivity index (χ0) is 28.9. The lowest BCUT2D eigenvalue weighted by atomic mass is 9.97. The van der Waals surface area contributed by atoms with Crippen molar-refractivity contribution in [1.29, 1.82) is 0 Å². The average molecular weight is 565 g/mol. The molecule has 1 unspecified atom stereocenters. The molecule has 0 saturated carbocycles. The van der Waals surface area contributed by atoms with Gasteiger partial charge in [0.15, 0.2) is 10.8 Å². The molecule has 4 aromatic rings. The zero-order valence-corrected chi connectivity index (χ0v) is 24.0. The van der Waals surface area contributed by atoms with Gasteiger partial charge in [-0.15, -0.1) is 10.2 Å². The van der Waals surface area contributed by atoms with Gasteiger partial charge in [-0.2, -0.15) is 5.21 Å². The molecular formula is C29H33ClN6O4. The van der Waals surface area contributed by atoms with E-state index in [0.29, 0.717) is 24.6 Å². The van der Waals surface area contributed by atoms with Gasteiger partial charge in [0.25, 0.3) is 0 Å². The molecule has 1 atom stereocenters. The number of H-pyrrole nitrogens is 1. The van der Waals surface area contributed by atoms with E-state index in [0.717, 1.165) is 35.1 Å². The number of hydrogen-bond acceptors (Lipinski definition) is 8. The number of ether oxygens (including phenoxy) is 2. The summed E-state index contributed by atoms with van der Waals surface area (Å²) in [6.07, 6.45) is 1.40. The van der Waals surface area contributed by atoms with Gasteiger partial charge in [0.1, 0.15) is 5.82 Å². The second kappa shape index (κ2) is 12.4. The minimum Gasteiger partial charge on any atom is -0.425 e. The van der Waals surface area contributed by atoms with Crippen molar-refractivity contribution in [2.75, 3.05) is 0 Å². The van der Waals surface area contributed by atoms with Crippen molar-refractivity contribution in [1.82, 2.24) is 30.2 Å². The highest BCUT2D eigenvalue weighted by atomic mass is 35.5. The lowest BCUT2D eigenvalue weighted by molar-refractivity contribution is -0.175. The van der Waals surface area contributed by atoms with E-state index in [4.69, 9.17) is 21.1 Å². The predicted octanol–water partition coefficient (Wildman–Crippen LogP) is 5.87. The predicted molar refractivity (Wildman–Crippen MR) is 150 cm³/mol. The summed E-state index contributed by atoms with van der Waals surface area (Å²) in [4.78, 5) is 29.9. The van der Waals surface area contributed by atoms with Crippen LogP contribution >= 0.6 is 11.6 Å². The number of nitrogens with one attached hydrogen (secondary N) is 1. The molecule has 0 aliphatic heterocycles. The van der Waals surface area contributed by atoms with Gasteiger partial charge in [0.2, 0.25) is 12.1 Å². The number of unbranched alkanes of at least 4 members (excludes halogenated alkanes) is 1. The number of nitrogens with zero attached hydrogens (tertiary/aromatic N) is 5. The molecule has 0 aliphatic rings. The van der Waals surface area contributed by atoms with E-state index in [1.165, 1.54) is 6.92 Å². The van der Waals surface area contributed by atoms with Crippen molar-refractivity contribution in [3.05, 3.63) is 70.8 Å². The number of aryl methyl sites for hydroxylation is 1. The molecule has 0 fully saturated rings. The summed E-state index contributed by atoms with van der Waals surface area (Å²) in [5.74, 6) is 0.0145. The van der Waals surface area contributed by atoms with E-state index in [1.807, 2.05) is 48.5 Å². The van der Waals surface area contributed by atoms with Crippen LogP contribution in [0.2, 0.25) is 5.15 Å². The largest absolute Gasteiger partial charge is 0.425 e. The Bertz CT molecular complexity index is 1460. The summed E-state index contributed by atoms with van der Waals surface area (Å²) < 4.78 is 12.5. The molecule has 4 rings (SSSR count). The van der Waals surface area contributed by atoms with Crippen molar-refractivity contribution in [2.45, 2.75) is 66.7 Å². The van der Waals surface area contributed by atoms with Gasteiger partial charge in [0.05, 0.1) is 5.41 Å². The summed E-state index contributed by atoms with van der Waals surface area (Å²) in [5, 5.41) is 14.4. The highest BCUT2D eigenvalue weighted by molar-refractivity contribution is 6.32. The maximum absolute atomic E-state index is 13.2. The van der Waals surface area contributed by atoms with Crippen LogP contribution in [0.15, 0.2) is 48.5 Å². The molecule has 10 nitrogen and oxygen atoms in total. The van der Waals surface area contributed by atoms with Crippen LogP contribution in [0.3, 0.4) is 0 Å². The SMILES string of the molecule is CCCCc1nc(Cl)c(C(=O)OC(C)OC(=O)C(C)(C)C)n1Cc1ccc(-c2ccccc2-c2nn[nH]n2)cc1. The molecule has 1 N–H and O–H groups in total. The number of carbonyl (C=O) groups excluding carboxylic acids is 2. The first-order valence-electron chi connectivity index (χ1n) is 13.2. The Morgan fingerprint density at radius 3 is 2.38 bits per heavy atom. The van der Waals surface area contributed by atoms with E-state index in [-0.39, 0.29) is 10.8 Å². The van der Waals surface area contributed by atoms with Crippen molar-refractivity contribution in [2.24, 2.45) is 5.41 Å². The van der Waals surface area contributed by atoms with E-state index in [9.17, 15) is 9.59 Å². The standard InChI is InChI=1S/C29H33ClN6O4/c1-6-7-12-23-31-25(30)24(27(37)39-18(2)40-28(38)29(3,4)5)36(23)17-19-13-15-20(16-14-19)21-10-8-9-11-22(21)26-32-34-35-33-26/h8-11,13-16,18H,6-7,12,17H2,1-5H3,(H,32,33,34,35). The molecule has 40 heavy (non-hydrogen) atoms. The third-order valence-electron chi connectivity index (χ3n) is 6.23. The quantitative estimate of drug-likeness (QED) is 0.187. The number of imidazole rings is 1. The monoisotopic (exact) mass is 564 g/mol. The van der Waals surface area contributed by atoms with Gasteiger partial charge >= 0.3 is 11.9 Å². The summed E-state index contributed by atoms with van der Waals surface area (Å²) in [5.41, 5.74) is 3.14. The molecule has 0 spiro atoms. The van der Waals surface area contributed by atoms with Gasteiger partial charge in [-0.25, -0.2) is 9.78 Å². The molecule has 11 heteroatoms. The zero-order valence-electron chi connectivity index (χ0n) is 23.3. The fourth-order valence-electron chi connectivity index (χ4n) is 4.09. The minimum atomic E-state index is -1.09. The van der Waals surface area contributed by atoms with Crippen LogP contribution in [-0.4, -0.2) is 48.4 Å². The third kappa shape index (κ3) is 6.74. The smallest absolute Gasteiger partial charge is 0.361 e. The van der Waals surface area contributed by atoms with Crippen LogP contribution in [0.4, 0.5) is 0 Å². The Kier molecular flexibility index (Phi) is 8.99. The lowest BCUT2D eigenvalue weighted by Gasteiger charge is -2.21. The molecule has 2 aromatic carbocycles. The first-order valence-corrected chi connectivity index (χ1v) is 13.6. The Balaban J connectivity index is 1.59. The minimum absolute atomic E-state index is 0.0520. The second-order valence-corrected chi connectivity index (χ2v) is 10.8. The van der Waals surface area contributed by atoms with Crippen molar-refractivity contribution >= 4 is 23.5 Å². The number of benzene rings is 2. The molecule has 210 valence electrons. The van der Waals surface area contributed by atoms with Crippen LogP contribution in [0.1, 0.15) is 69.3 Å². The lowest BCUT2D eigenvalue weighted by Crippen LogP contribution is -2.30. The number of carbonyl (C=O) groups is 2. The second-order valence-electron chi connectivity index (χ2n) is 10.5. The molecule has 2 aromatic heterocycles. The Morgan fingerprint density at radius 1 is 1.05 bits per heavy atom. The van der Waals surface area contributed by atoms with Crippen LogP contribution in [0.5, 0.6) is 0 Å². The fourth-order valence-corrected chi connectivity index (χ4v) is 4.37.